The maximum atomic E-state index is 12.7. The van der Waals surface area contributed by atoms with Gasteiger partial charge in [0.25, 0.3) is 5.91 Å². The van der Waals surface area contributed by atoms with Crippen molar-refractivity contribution in [1.82, 2.24) is 20.0 Å². The third-order valence-electron chi connectivity index (χ3n) is 5.15. The summed E-state index contributed by atoms with van der Waals surface area (Å²) in [5.41, 5.74) is 1.33. The van der Waals surface area contributed by atoms with Crippen LogP contribution < -0.4 is 10.1 Å². The number of methoxy groups -OCH3 is 1. The van der Waals surface area contributed by atoms with Crippen LogP contribution in [0, 0.1) is 0 Å². The average molecular weight is 356 g/mol. The van der Waals surface area contributed by atoms with E-state index >= 15 is 0 Å². The zero-order valence-corrected chi connectivity index (χ0v) is 14.9. The molecule has 2 fully saturated rings. The molecule has 0 saturated carbocycles. The number of carbonyl (C=O) groups is 1. The first-order chi connectivity index (χ1) is 12.8. The summed E-state index contributed by atoms with van der Waals surface area (Å²) >= 11 is 0. The number of nitrogens with zero attached hydrogens (tertiary/aromatic N) is 3. The van der Waals surface area contributed by atoms with Crippen molar-refractivity contribution >= 4 is 5.91 Å². The van der Waals surface area contributed by atoms with E-state index in [1.165, 1.54) is 12.8 Å². The van der Waals surface area contributed by atoms with Gasteiger partial charge in [0.15, 0.2) is 0 Å². The van der Waals surface area contributed by atoms with Gasteiger partial charge in [0, 0.05) is 6.20 Å². The van der Waals surface area contributed by atoms with E-state index in [9.17, 15) is 4.79 Å². The summed E-state index contributed by atoms with van der Waals surface area (Å²) in [4.78, 5) is 15.1. The highest BCUT2D eigenvalue weighted by atomic mass is 16.5. The molecule has 7 nitrogen and oxygen atoms in total. The molecule has 0 bridgehead atoms. The molecule has 1 N–H and O–H groups in total. The van der Waals surface area contributed by atoms with Crippen molar-refractivity contribution in [3.63, 3.8) is 0 Å². The Labute approximate surface area is 152 Å². The fourth-order valence-corrected chi connectivity index (χ4v) is 3.76. The lowest BCUT2D eigenvalue weighted by molar-refractivity contribution is 0.0916. The number of ether oxygens (including phenoxy) is 2. The molecule has 0 aliphatic carbocycles. The van der Waals surface area contributed by atoms with Gasteiger partial charge < -0.3 is 14.8 Å². The summed E-state index contributed by atoms with van der Waals surface area (Å²) in [7, 11) is 1.62. The highest BCUT2D eigenvalue weighted by Crippen LogP contribution is 2.22. The maximum absolute atomic E-state index is 12.7. The van der Waals surface area contributed by atoms with Gasteiger partial charge in [0.1, 0.15) is 11.4 Å². The Hall–Kier alpha value is -2.38. The number of aromatic nitrogens is 2. The number of amides is 1. The Balaban J connectivity index is 1.46. The Kier molecular flexibility index (Phi) is 4.90. The van der Waals surface area contributed by atoms with Crippen molar-refractivity contribution in [3.8, 4) is 11.4 Å². The van der Waals surface area contributed by atoms with Gasteiger partial charge in [-0.2, -0.15) is 5.10 Å². The van der Waals surface area contributed by atoms with Gasteiger partial charge in [-0.1, -0.05) is 12.1 Å². The van der Waals surface area contributed by atoms with Gasteiger partial charge in [0.2, 0.25) is 0 Å². The molecular formula is C19H24N4O3. The van der Waals surface area contributed by atoms with E-state index in [0.717, 1.165) is 18.8 Å². The molecule has 3 heterocycles. The normalized spacial score (nSPS) is 23.3. The summed E-state index contributed by atoms with van der Waals surface area (Å²) in [5.74, 6) is 0.590. The van der Waals surface area contributed by atoms with Crippen LogP contribution in [0.1, 0.15) is 23.2 Å². The third kappa shape index (κ3) is 3.32. The lowest BCUT2D eigenvalue weighted by Crippen LogP contribution is -2.50. The fourth-order valence-electron chi connectivity index (χ4n) is 3.76. The highest BCUT2D eigenvalue weighted by molar-refractivity contribution is 5.94. The molecule has 1 aromatic carbocycles. The van der Waals surface area contributed by atoms with E-state index in [1.54, 1.807) is 24.2 Å². The molecule has 7 heteroatoms. The van der Waals surface area contributed by atoms with Gasteiger partial charge in [-0.3, -0.25) is 9.69 Å². The minimum atomic E-state index is -0.120. The number of carbonyl (C=O) groups excluding carboxylic acids is 1. The molecule has 0 spiro atoms. The average Bonchev–Trinajstić information content (AvgIpc) is 3.42. The van der Waals surface area contributed by atoms with Crippen molar-refractivity contribution in [3.05, 3.63) is 42.2 Å². The van der Waals surface area contributed by atoms with E-state index < -0.39 is 0 Å². The summed E-state index contributed by atoms with van der Waals surface area (Å²) in [6, 6.07) is 7.88. The summed E-state index contributed by atoms with van der Waals surface area (Å²) in [5, 5.41) is 7.45. The van der Waals surface area contributed by atoms with Gasteiger partial charge in [-0.15, -0.1) is 0 Å². The second kappa shape index (κ2) is 7.47. The molecule has 1 aromatic heterocycles. The van der Waals surface area contributed by atoms with Crippen LogP contribution in [0.25, 0.3) is 5.69 Å². The molecular weight excluding hydrogens is 332 g/mol. The summed E-state index contributed by atoms with van der Waals surface area (Å²) < 4.78 is 12.7. The molecule has 2 aromatic rings. The lowest BCUT2D eigenvalue weighted by atomic mass is 10.1. The lowest BCUT2D eigenvalue weighted by Gasteiger charge is -2.27. The van der Waals surface area contributed by atoms with Crippen LogP contribution in [0.3, 0.4) is 0 Å². The van der Waals surface area contributed by atoms with Gasteiger partial charge in [-0.25, -0.2) is 4.68 Å². The number of rotatable bonds is 5. The number of nitrogens with one attached hydrogen (secondary N) is 1. The Morgan fingerprint density at radius 1 is 1.27 bits per heavy atom. The van der Waals surface area contributed by atoms with Crippen LogP contribution in [0.4, 0.5) is 0 Å². The maximum Gasteiger partial charge on any atom is 0.254 e. The molecule has 0 unspecified atom stereocenters. The minimum Gasteiger partial charge on any atom is -0.494 e. The summed E-state index contributed by atoms with van der Waals surface area (Å²) in [6.07, 6.45) is 5.77. The monoisotopic (exact) mass is 356 g/mol. The molecule has 2 aliphatic rings. The molecule has 2 aliphatic heterocycles. The van der Waals surface area contributed by atoms with Crippen molar-refractivity contribution in [2.45, 2.75) is 24.9 Å². The van der Waals surface area contributed by atoms with Crippen LogP contribution >= 0.6 is 0 Å². The highest BCUT2D eigenvalue weighted by Gasteiger charge is 2.35. The van der Waals surface area contributed by atoms with Crippen molar-refractivity contribution < 1.29 is 14.3 Å². The SMILES string of the molecule is COc1ccccc1-n1cc(C(=O)N[C@@H]2COC[C@H]2N2CCCC2)cn1. The second-order valence-corrected chi connectivity index (χ2v) is 6.77. The number of hydrogen-bond donors (Lipinski definition) is 1. The Morgan fingerprint density at radius 3 is 2.88 bits per heavy atom. The fraction of sp³-hybridized carbons (Fsp3) is 0.474. The first-order valence-corrected chi connectivity index (χ1v) is 9.07. The summed E-state index contributed by atoms with van der Waals surface area (Å²) in [6.45, 7) is 3.43. The smallest absolute Gasteiger partial charge is 0.254 e. The van der Waals surface area contributed by atoms with E-state index in [0.29, 0.717) is 24.5 Å². The predicted octanol–water partition coefficient (Wildman–Crippen LogP) is 1.47. The molecule has 138 valence electrons. The van der Waals surface area contributed by atoms with Crippen LogP contribution in [0.5, 0.6) is 5.75 Å². The molecule has 4 rings (SSSR count). The van der Waals surface area contributed by atoms with Gasteiger partial charge in [0.05, 0.1) is 44.2 Å². The Bertz CT molecular complexity index is 770. The van der Waals surface area contributed by atoms with E-state index in [-0.39, 0.29) is 18.0 Å². The molecule has 26 heavy (non-hydrogen) atoms. The first-order valence-electron chi connectivity index (χ1n) is 9.07. The van der Waals surface area contributed by atoms with Crippen molar-refractivity contribution in [2.24, 2.45) is 0 Å². The van der Waals surface area contributed by atoms with E-state index in [2.05, 4.69) is 15.3 Å². The van der Waals surface area contributed by atoms with Crippen LogP contribution in [-0.4, -0.2) is 66.1 Å². The zero-order valence-electron chi connectivity index (χ0n) is 14.9. The number of hydrogen-bond acceptors (Lipinski definition) is 5. The third-order valence-corrected chi connectivity index (χ3v) is 5.15. The standard InChI is InChI=1S/C19H24N4O3/c1-25-18-7-3-2-6-16(18)23-11-14(10-20-23)19(24)21-15-12-26-13-17(15)22-8-4-5-9-22/h2-3,6-7,10-11,15,17H,4-5,8-9,12-13H2,1H3,(H,21,24)/t15-,17-/m1/s1. The largest absolute Gasteiger partial charge is 0.494 e. The van der Waals surface area contributed by atoms with Crippen molar-refractivity contribution in [1.29, 1.82) is 0 Å². The van der Waals surface area contributed by atoms with E-state index in [1.807, 2.05) is 24.3 Å². The number of likely N-dealkylation sites (tertiary alicyclic amines) is 1. The molecule has 2 atom stereocenters. The van der Waals surface area contributed by atoms with Crippen LogP contribution in [0.2, 0.25) is 0 Å². The van der Waals surface area contributed by atoms with E-state index in [4.69, 9.17) is 9.47 Å². The van der Waals surface area contributed by atoms with Gasteiger partial charge in [-0.05, 0) is 38.1 Å². The quantitative estimate of drug-likeness (QED) is 0.879. The topological polar surface area (TPSA) is 68.6 Å². The molecule has 1 amide bonds. The second-order valence-electron chi connectivity index (χ2n) is 6.77. The predicted molar refractivity (Wildman–Crippen MR) is 96.8 cm³/mol. The van der Waals surface area contributed by atoms with Crippen molar-refractivity contribution in [2.75, 3.05) is 33.4 Å². The minimum absolute atomic E-state index is 0.0233. The Morgan fingerprint density at radius 2 is 2.08 bits per heavy atom. The first kappa shape index (κ1) is 17.1. The molecule has 0 radical (unpaired) electrons. The molecule has 2 saturated heterocycles. The number of para-hydroxylation sites is 2. The van der Waals surface area contributed by atoms with Crippen LogP contribution in [0.15, 0.2) is 36.7 Å². The zero-order chi connectivity index (χ0) is 17.9. The van der Waals surface area contributed by atoms with Crippen LogP contribution in [-0.2, 0) is 4.74 Å². The number of benzene rings is 1. The van der Waals surface area contributed by atoms with Gasteiger partial charge >= 0.3 is 0 Å².